The van der Waals surface area contributed by atoms with Crippen LogP contribution in [0.2, 0.25) is 0 Å². The maximum absolute atomic E-state index is 13.5. The van der Waals surface area contributed by atoms with Gasteiger partial charge in [0.15, 0.2) is 5.13 Å². The normalized spacial score (nSPS) is 16.3. The van der Waals surface area contributed by atoms with Crippen molar-refractivity contribution in [3.8, 4) is 0 Å². The van der Waals surface area contributed by atoms with E-state index in [0.29, 0.717) is 13.0 Å². The van der Waals surface area contributed by atoms with Gasteiger partial charge in [-0.1, -0.05) is 65.9 Å². The van der Waals surface area contributed by atoms with Crippen LogP contribution in [0.1, 0.15) is 29.5 Å². The van der Waals surface area contributed by atoms with Crippen molar-refractivity contribution in [1.82, 2.24) is 4.98 Å². The number of carbonyl (C=O) groups excluding carboxylic acids is 1. The SMILES string of the molecule is Cc1ccc(C)c2sc(N(CC3CCCO3)C(=O)Cc3ccc4ccccc4c3)nc12. The van der Waals surface area contributed by atoms with Crippen LogP contribution in [0.4, 0.5) is 5.13 Å². The Morgan fingerprint density at radius 2 is 1.90 bits per heavy atom. The van der Waals surface area contributed by atoms with Gasteiger partial charge in [-0.15, -0.1) is 0 Å². The zero-order valence-corrected chi connectivity index (χ0v) is 18.7. The van der Waals surface area contributed by atoms with Crippen LogP contribution in [0.15, 0.2) is 54.6 Å². The first-order valence-corrected chi connectivity index (χ1v) is 11.7. The van der Waals surface area contributed by atoms with Gasteiger partial charge in [-0.3, -0.25) is 9.69 Å². The summed E-state index contributed by atoms with van der Waals surface area (Å²) in [7, 11) is 0. The Bertz CT molecular complexity index is 1220. The third-order valence-electron chi connectivity index (χ3n) is 6.04. The molecule has 2 heterocycles. The Labute approximate surface area is 186 Å². The number of benzene rings is 3. The lowest BCUT2D eigenvalue weighted by Crippen LogP contribution is -2.38. The van der Waals surface area contributed by atoms with Crippen LogP contribution in [0.25, 0.3) is 21.0 Å². The maximum atomic E-state index is 13.5. The van der Waals surface area contributed by atoms with Crippen LogP contribution in [-0.2, 0) is 16.0 Å². The smallest absolute Gasteiger partial charge is 0.233 e. The van der Waals surface area contributed by atoms with Crippen molar-refractivity contribution in [3.05, 3.63) is 71.3 Å². The molecule has 31 heavy (non-hydrogen) atoms. The summed E-state index contributed by atoms with van der Waals surface area (Å²) in [5.74, 6) is 0.0696. The summed E-state index contributed by atoms with van der Waals surface area (Å²) in [6.07, 6.45) is 2.47. The number of aromatic nitrogens is 1. The number of rotatable bonds is 5. The molecule has 1 saturated heterocycles. The summed E-state index contributed by atoms with van der Waals surface area (Å²) >= 11 is 1.61. The van der Waals surface area contributed by atoms with Crippen LogP contribution in [-0.4, -0.2) is 30.1 Å². The molecule has 0 aliphatic carbocycles. The molecule has 1 unspecified atom stereocenters. The minimum Gasteiger partial charge on any atom is -0.376 e. The molecule has 1 fully saturated rings. The molecule has 1 aromatic heterocycles. The van der Waals surface area contributed by atoms with E-state index in [1.807, 2.05) is 17.0 Å². The largest absolute Gasteiger partial charge is 0.376 e. The zero-order valence-electron chi connectivity index (χ0n) is 17.9. The highest BCUT2D eigenvalue weighted by Gasteiger charge is 2.26. The molecule has 0 saturated carbocycles. The van der Waals surface area contributed by atoms with Crippen LogP contribution < -0.4 is 4.90 Å². The second kappa shape index (κ2) is 8.40. The van der Waals surface area contributed by atoms with E-state index in [0.717, 1.165) is 51.3 Å². The van der Waals surface area contributed by atoms with Crippen molar-refractivity contribution < 1.29 is 9.53 Å². The van der Waals surface area contributed by atoms with E-state index in [9.17, 15) is 4.79 Å². The number of hydrogen-bond donors (Lipinski definition) is 0. The molecular weight excluding hydrogens is 404 g/mol. The number of nitrogens with zero attached hydrogens (tertiary/aromatic N) is 2. The lowest BCUT2D eigenvalue weighted by atomic mass is 10.0. The van der Waals surface area contributed by atoms with E-state index in [-0.39, 0.29) is 12.0 Å². The number of hydrogen-bond acceptors (Lipinski definition) is 4. The Morgan fingerprint density at radius 1 is 1.10 bits per heavy atom. The van der Waals surface area contributed by atoms with Gasteiger partial charge < -0.3 is 4.74 Å². The van der Waals surface area contributed by atoms with Gasteiger partial charge in [0, 0.05) is 6.61 Å². The summed E-state index contributed by atoms with van der Waals surface area (Å²) in [6.45, 7) is 5.51. The molecule has 0 N–H and O–H groups in total. The molecule has 5 heteroatoms. The molecular formula is C26H26N2O2S. The fourth-order valence-electron chi connectivity index (χ4n) is 4.26. The first-order valence-electron chi connectivity index (χ1n) is 10.8. The predicted molar refractivity (Wildman–Crippen MR) is 128 cm³/mol. The van der Waals surface area contributed by atoms with E-state index in [4.69, 9.17) is 9.72 Å². The van der Waals surface area contributed by atoms with E-state index in [1.165, 1.54) is 10.9 Å². The van der Waals surface area contributed by atoms with Crippen LogP contribution in [0.3, 0.4) is 0 Å². The van der Waals surface area contributed by atoms with Gasteiger partial charge in [0.1, 0.15) is 0 Å². The Hall–Kier alpha value is -2.76. The standard InChI is InChI=1S/C26H26N2O2S/c1-17-9-10-18(2)25-24(17)27-26(31-25)28(16-22-8-5-13-30-22)23(29)15-19-11-12-20-6-3-4-7-21(20)14-19/h3-4,6-7,9-12,14,22H,5,8,13,15-16H2,1-2H3. The van der Waals surface area contributed by atoms with Crippen molar-refractivity contribution in [1.29, 1.82) is 0 Å². The summed E-state index contributed by atoms with van der Waals surface area (Å²) in [6, 6.07) is 18.7. The quantitative estimate of drug-likeness (QED) is 0.401. The molecule has 0 radical (unpaired) electrons. The second-order valence-corrected chi connectivity index (χ2v) is 9.35. The number of aryl methyl sites for hydroxylation is 2. The molecule has 5 rings (SSSR count). The molecule has 1 atom stereocenters. The predicted octanol–water partition coefficient (Wildman–Crippen LogP) is 5.82. The second-order valence-electron chi connectivity index (χ2n) is 8.37. The summed E-state index contributed by atoms with van der Waals surface area (Å²) in [5.41, 5.74) is 4.36. The summed E-state index contributed by atoms with van der Waals surface area (Å²) in [4.78, 5) is 20.3. The van der Waals surface area contributed by atoms with E-state index in [1.54, 1.807) is 11.3 Å². The molecule has 158 valence electrons. The Morgan fingerprint density at radius 3 is 2.68 bits per heavy atom. The van der Waals surface area contributed by atoms with E-state index in [2.05, 4.69) is 56.3 Å². The first kappa shape index (κ1) is 20.2. The highest BCUT2D eigenvalue weighted by Crippen LogP contribution is 2.34. The van der Waals surface area contributed by atoms with E-state index >= 15 is 0 Å². The minimum atomic E-state index is 0.0696. The monoisotopic (exact) mass is 430 g/mol. The highest BCUT2D eigenvalue weighted by molar-refractivity contribution is 7.22. The molecule has 1 aliphatic rings. The van der Waals surface area contributed by atoms with Crippen LogP contribution in [0.5, 0.6) is 0 Å². The molecule has 4 aromatic rings. The van der Waals surface area contributed by atoms with Crippen molar-refractivity contribution in [3.63, 3.8) is 0 Å². The van der Waals surface area contributed by atoms with Gasteiger partial charge in [-0.2, -0.15) is 0 Å². The maximum Gasteiger partial charge on any atom is 0.233 e. The average Bonchev–Trinajstić information content (AvgIpc) is 3.45. The molecule has 0 bridgehead atoms. The van der Waals surface area contributed by atoms with Crippen molar-refractivity contribution in [2.24, 2.45) is 0 Å². The number of carbonyl (C=O) groups is 1. The van der Waals surface area contributed by atoms with E-state index < -0.39 is 0 Å². The first-order chi connectivity index (χ1) is 15.1. The topological polar surface area (TPSA) is 42.4 Å². The van der Waals surface area contributed by atoms with Crippen molar-refractivity contribution in [2.45, 2.75) is 39.2 Å². The molecule has 1 aliphatic heterocycles. The van der Waals surface area contributed by atoms with Gasteiger partial charge in [-0.25, -0.2) is 4.98 Å². The zero-order chi connectivity index (χ0) is 21.4. The number of ether oxygens (including phenoxy) is 1. The lowest BCUT2D eigenvalue weighted by molar-refractivity contribution is -0.118. The number of fused-ring (bicyclic) bond motifs is 2. The third-order valence-corrected chi connectivity index (χ3v) is 7.26. The number of amides is 1. The average molecular weight is 431 g/mol. The lowest BCUT2D eigenvalue weighted by Gasteiger charge is -2.23. The van der Waals surface area contributed by atoms with Crippen molar-refractivity contribution in [2.75, 3.05) is 18.1 Å². The van der Waals surface area contributed by atoms with Crippen LogP contribution in [0, 0.1) is 13.8 Å². The fourth-order valence-corrected chi connectivity index (χ4v) is 5.40. The highest BCUT2D eigenvalue weighted by atomic mass is 32.1. The third kappa shape index (κ3) is 4.08. The minimum absolute atomic E-state index is 0.0696. The fraction of sp³-hybridized carbons (Fsp3) is 0.308. The van der Waals surface area contributed by atoms with Gasteiger partial charge >= 0.3 is 0 Å². The van der Waals surface area contributed by atoms with Crippen LogP contribution >= 0.6 is 11.3 Å². The molecule has 3 aromatic carbocycles. The number of anilines is 1. The van der Waals surface area contributed by atoms with Crippen molar-refractivity contribution >= 4 is 43.4 Å². The van der Waals surface area contributed by atoms with Gasteiger partial charge in [0.25, 0.3) is 0 Å². The molecule has 1 amide bonds. The van der Waals surface area contributed by atoms with Gasteiger partial charge in [0.2, 0.25) is 5.91 Å². The number of thiazole rings is 1. The molecule has 4 nitrogen and oxygen atoms in total. The Balaban J connectivity index is 1.48. The van der Waals surface area contributed by atoms with Gasteiger partial charge in [0.05, 0.1) is 29.3 Å². The molecule has 0 spiro atoms. The summed E-state index contributed by atoms with van der Waals surface area (Å²) < 4.78 is 7.03. The summed E-state index contributed by atoms with van der Waals surface area (Å²) in [5, 5.41) is 3.12. The van der Waals surface area contributed by atoms with Gasteiger partial charge in [-0.05, 0) is 54.2 Å². The Kier molecular flexibility index (Phi) is 5.47.